The molecule has 0 aromatic heterocycles. The topological polar surface area (TPSA) is 69.6 Å². The second-order valence-electron chi connectivity index (χ2n) is 4.43. The quantitative estimate of drug-likeness (QED) is 0.898. The van der Waals surface area contributed by atoms with Gasteiger partial charge in [-0.25, -0.2) is 13.6 Å². The van der Waals surface area contributed by atoms with Gasteiger partial charge in [0.25, 0.3) is 0 Å². The number of rotatable bonds is 4. The van der Waals surface area contributed by atoms with Gasteiger partial charge in [0.05, 0.1) is 10.7 Å². The van der Waals surface area contributed by atoms with E-state index in [2.05, 4.69) is 5.32 Å². The first-order chi connectivity index (χ1) is 9.38. The van der Waals surface area contributed by atoms with Crippen LogP contribution < -0.4 is 5.32 Å². The van der Waals surface area contributed by atoms with Gasteiger partial charge in [-0.3, -0.25) is 4.79 Å². The summed E-state index contributed by atoms with van der Waals surface area (Å²) in [5.74, 6) is -3.05. The van der Waals surface area contributed by atoms with E-state index in [1.54, 1.807) is 0 Å². The molecule has 0 bridgehead atoms. The van der Waals surface area contributed by atoms with Crippen LogP contribution in [0.25, 0.3) is 0 Å². The van der Waals surface area contributed by atoms with E-state index in [0.29, 0.717) is 18.9 Å². The third-order valence-corrected chi connectivity index (χ3v) is 3.09. The minimum absolute atomic E-state index is 0.173. The van der Waals surface area contributed by atoms with Crippen molar-refractivity contribution in [1.29, 1.82) is 0 Å². The first-order valence-electron chi connectivity index (χ1n) is 5.82. The zero-order valence-electron chi connectivity index (χ0n) is 10.2. The van der Waals surface area contributed by atoms with Gasteiger partial charge in [0.1, 0.15) is 12.4 Å². The zero-order chi connectivity index (χ0) is 14.9. The molecule has 2 N–H and O–H groups in total. The number of hydrogen-bond acceptors (Lipinski definition) is 2. The number of benzene rings is 1. The van der Waals surface area contributed by atoms with Gasteiger partial charge in [-0.05, 0) is 18.9 Å². The molecule has 0 heterocycles. The lowest BCUT2D eigenvalue weighted by Gasteiger charge is -2.21. The summed E-state index contributed by atoms with van der Waals surface area (Å²) in [7, 11) is 0. The molecule has 1 aliphatic rings. The smallest absolute Gasteiger partial charge is 0.323 e. The van der Waals surface area contributed by atoms with Gasteiger partial charge in [0.15, 0.2) is 5.82 Å². The molecule has 2 rings (SSSR count). The van der Waals surface area contributed by atoms with Gasteiger partial charge in [0, 0.05) is 12.1 Å². The first-order valence-corrected chi connectivity index (χ1v) is 6.20. The number of urea groups is 1. The predicted octanol–water partition coefficient (Wildman–Crippen LogP) is 2.70. The van der Waals surface area contributed by atoms with Crippen LogP contribution in [0.2, 0.25) is 5.02 Å². The Morgan fingerprint density at radius 3 is 2.55 bits per heavy atom. The maximum Gasteiger partial charge on any atom is 0.323 e. The molecule has 108 valence electrons. The average Bonchev–Trinajstić information content (AvgIpc) is 3.14. The minimum Gasteiger partial charge on any atom is -0.480 e. The molecule has 0 spiro atoms. The normalized spacial score (nSPS) is 13.9. The van der Waals surface area contributed by atoms with Gasteiger partial charge >= 0.3 is 12.0 Å². The van der Waals surface area contributed by atoms with Gasteiger partial charge in [-0.15, -0.1) is 0 Å². The lowest BCUT2D eigenvalue weighted by molar-refractivity contribution is -0.137. The summed E-state index contributed by atoms with van der Waals surface area (Å²) in [5, 5.41) is 10.6. The van der Waals surface area contributed by atoms with Crippen molar-refractivity contribution in [3.63, 3.8) is 0 Å². The molecule has 0 unspecified atom stereocenters. The molecule has 2 amide bonds. The number of hydrogen-bond donors (Lipinski definition) is 2. The monoisotopic (exact) mass is 304 g/mol. The number of halogens is 3. The zero-order valence-corrected chi connectivity index (χ0v) is 11.0. The third-order valence-electron chi connectivity index (χ3n) is 2.79. The minimum atomic E-state index is -1.17. The molecule has 1 aromatic rings. The molecular weight excluding hydrogens is 294 g/mol. The molecule has 0 atom stereocenters. The summed E-state index contributed by atoms with van der Waals surface area (Å²) in [6, 6.07) is 0.495. The fourth-order valence-corrected chi connectivity index (χ4v) is 1.98. The Labute approximate surface area is 118 Å². The van der Waals surface area contributed by atoms with Gasteiger partial charge < -0.3 is 15.3 Å². The average molecular weight is 305 g/mol. The highest BCUT2D eigenvalue weighted by Crippen LogP contribution is 2.30. The van der Waals surface area contributed by atoms with Crippen molar-refractivity contribution in [2.24, 2.45) is 0 Å². The summed E-state index contributed by atoms with van der Waals surface area (Å²) in [5.41, 5.74) is -0.367. The van der Waals surface area contributed by atoms with Gasteiger partial charge in [-0.1, -0.05) is 11.6 Å². The van der Waals surface area contributed by atoms with E-state index >= 15 is 0 Å². The van der Waals surface area contributed by atoms with Crippen LogP contribution >= 0.6 is 11.6 Å². The summed E-state index contributed by atoms with van der Waals surface area (Å²) < 4.78 is 26.4. The van der Waals surface area contributed by atoms with E-state index in [1.807, 2.05) is 0 Å². The third kappa shape index (κ3) is 3.36. The fourth-order valence-electron chi connectivity index (χ4n) is 1.74. The molecule has 1 aromatic carbocycles. The Kier molecular flexibility index (Phi) is 4.08. The summed E-state index contributed by atoms with van der Waals surface area (Å²) in [4.78, 5) is 23.7. The highest BCUT2D eigenvalue weighted by Gasteiger charge is 2.34. The van der Waals surface area contributed by atoms with Crippen molar-refractivity contribution < 1.29 is 23.5 Å². The van der Waals surface area contributed by atoms with E-state index in [-0.39, 0.29) is 16.8 Å². The van der Waals surface area contributed by atoms with Crippen LogP contribution in [0.4, 0.5) is 19.3 Å². The number of aliphatic carboxylic acids is 1. The molecule has 0 aliphatic heterocycles. The van der Waals surface area contributed by atoms with Crippen molar-refractivity contribution in [1.82, 2.24) is 4.90 Å². The SMILES string of the molecule is O=C(O)CN(C(=O)Nc1c(F)cc(F)cc1Cl)C1CC1. The number of carboxylic acids is 1. The second kappa shape index (κ2) is 5.62. The van der Waals surface area contributed by atoms with Gasteiger partial charge in [-0.2, -0.15) is 0 Å². The number of amides is 2. The van der Waals surface area contributed by atoms with Crippen LogP contribution in [0.5, 0.6) is 0 Å². The van der Waals surface area contributed by atoms with E-state index in [0.717, 1.165) is 11.0 Å². The molecule has 0 saturated heterocycles. The van der Waals surface area contributed by atoms with Crippen LogP contribution in [0.15, 0.2) is 12.1 Å². The van der Waals surface area contributed by atoms with Crippen molar-refractivity contribution >= 4 is 29.3 Å². The molecule has 1 saturated carbocycles. The first kappa shape index (κ1) is 14.5. The fraction of sp³-hybridized carbons (Fsp3) is 0.333. The van der Waals surface area contributed by atoms with E-state index in [9.17, 15) is 18.4 Å². The lowest BCUT2D eigenvalue weighted by Crippen LogP contribution is -2.40. The maximum atomic E-state index is 13.5. The Bertz CT molecular complexity index is 541. The summed E-state index contributed by atoms with van der Waals surface area (Å²) in [6.45, 7) is -0.489. The number of nitrogens with one attached hydrogen (secondary N) is 1. The maximum absolute atomic E-state index is 13.5. The molecule has 5 nitrogen and oxygen atoms in total. The Morgan fingerprint density at radius 1 is 1.40 bits per heavy atom. The number of carbonyl (C=O) groups is 2. The highest BCUT2D eigenvalue weighted by atomic mass is 35.5. The molecule has 1 aliphatic carbocycles. The van der Waals surface area contributed by atoms with E-state index < -0.39 is 30.2 Å². The number of nitrogens with zero attached hydrogens (tertiary/aromatic N) is 1. The predicted molar refractivity (Wildman–Crippen MR) is 67.8 cm³/mol. The van der Waals surface area contributed by atoms with Crippen LogP contribution in [0.1, 0.15) is 12.8 Å². The summed E-state index contributed by atoms with van der Waals surface area (Å²) in [6.07, 6.45) is 1.39. The Balaban J connectivity index is 2.16. The van der Waals surface area contributed by atoms with Crippen LogP contribution in [0.3, 0.4) is 0 Å². The number of carboxylic acid groups (broad SMARTS) is 1. The molecule has 20 heavy (non-hydrogen) atoms. The standard InChI is InChI=1S/C12H11ClF2N2O3/c13-8-3-6(14)4-9(15)11(8)16-12(20)17(5-10(18)19)7-1-2-7/h3-4,7H,1-2,5H2,(H,16,20)(H,18,19). The Hall–Kier alpha value is -1.89. The van der Waals surface area contributed by atoms with Gasteiger partial charge in [0.2, 0.25) is 0 Å². The lowest BCUT2D eigenvalue weighted by atomic mass is 10.3. The van der Waals surface area contributed by atoms with Crippen molar-refractivity contribution in [3.8, 4) is 0 Å². The largest absolute Gasteiger partial charge is 0.480 e. The molecule has 0 radical (unpaired) electrons. The van der Waals surface area contributed by atoms with Crippen molar-refractivity contribution in [2.75, 3.05) is 11.9 Å². The number of carbonyl (C=O) groups excluding carboxylic acids is 1. The van der Waals surface area contributed by atoms with E-state index in [4.69, 9.17) is 16.7 Å². The summed E-state index contributed by atoms with van der Waals surface area (Å²) >= 11 is 5.65. The molecule has 1 fully saturated rings. The van der Waals surface area contributed by atoms with Crippen LogP contribution in [-0.2, 0) is 4.79 Å². The van der Waals surface area contributed by atoms with Crippen molar-refractivity contribution in [2.45, 2.75) is 18.9 Å². The van der Waals surface area contributed by atoms with Crippen LogP contribution in [0, 0.1) is 11.6 Å². The molecular formula is C12H11ClF2N2O3. The molecule has 8 heteroatoms. The highest BCUT2D eigenvalue weighted by molar-refractivity contribution is 6.33. The second-order valence-corrected chi connectivity index (χ2v) is 4.83. The number of anilines is 1. The van der Waals surface area contributed by atoms with E-state index in [1.165, 1.54) is 0 Å². The van der Waals surface area contributed by atoms with Crippen molar-refractivity contribution in [3.05, 3.63) is 28.8 Å². The van der Waals surface area contributed by atoms with Crippen LogP contribution in [-0.4, -0.2) is 34.6 Å². The Morgan fingerprint density at radius 2 is 2.05 bits per heavy atom.